The van der Waals surface area contributed by atoms with Gasteiger partial charge < -0.3 is 19.5 Å². The second kappa shape index (κ2) is 9.52. The van der Waals surface area contributed by atoms with Crippen LogP contribution in [-0.4, -0.2) is 47.0 Å². The first kappa shape index (κ1) is 21.6. The fraction of sp³-hybridized carbons (Fsp3) is 0.316. The van der Waals surface area contributed by atoms with Crippen molar-refractivity contribution in [2.75, 3.05) is 32.8 Å². The number of halogens is 1. The van der Waals surface area contributed by atoms with Crippen LogP contribution >= 0.6 is 0 Å². The molecule has 1 atom stereocenters. The Morgan fingerprint density at radius 3 is 2.36 bits per heavy atom. The minimum atomic E-state index is -3.97. The molecule has 0 heterocycles. The molecular weight excluding hydrogens is 389 g/mol. The van der Waals surface area contributed by atoms with E-state index >= 15 is 0 Å². The number of nitrogens with one attached hydrogen (secondary N) is 1. The fourth-order valence-electron chi connectivity index (χ4n) is 2.32. The summed E-state index contributed by atoms with van der Waals surface area (Å²) in [5, 5.41) is 1.18. The molecule has 2 aromatic carbocycles. The summed E-state index contributed by atoms with van der Waals surface area (Å²) >= 11 is 0. The number of amides is 1. The van der Waals surface area contributed by atoms with Crippen molar-refractivity contribution in [1.82, 2.24) is 0 Å². The summed E-state index contributed by atoms with van der Waals surface area (Å²) in [7, 11) is -0.945. The van der Waals surface area contributed by atoms with Gasteiger partial charge in [0.05, 0.1) is 18.6 Å². The van der Waals surface area contributed by atoms with Crippen molar-refractivity contribution in [2.45, 2.75) is 17.1 Å². The number of benzene rings is 2. The Bertz CT molecular complexity index is 915. The zero-order valence-corrected chi connectivity index (χ0v) is 16.6. The maximum atomic E-state index is 13.0. The van der Waals surface area contributed by atoms with Crippen molar-refractivity contribution in [3.63, 3.8) is 0 Å². The van der Waals surface area contributed by atoms with E-state index in [0.29, 0.717) is 23.8 Å². The third kappa shape index (κ3) is 5.20. The zero-order chi connectivity index (χ0) is 20.7. The van der Waals surface area contributed by atoms with E-state index in [1.165, 1.54) is 20.1 Å². The average Bonchev–Trinajstić information content (AvgIpc) is 2.68. The van der Waals surface area contributed by atoms with Crippen LogP contribution in [0.2, 0.25) is 0 Å². The number of anilines is 1. The maximum absolute atomic E-state index is 13.0. The lowest BCUT2D eigenvalue weighted by molar-refractivity contribution is -0.115. The van der Waals surface area contributed by atoms with Crippen molar-refractivity contribution in [3.8, 4) is 11.5 Å². The highest BCUT2D eigenvalue weighted by Gasteiger charge is 2.30. The first-order valence-electron chi connectivity index (χ1n) is 8.39. The van der Waals surface area contributed by atoms with Crippen LogP contribution in [0.15, 0.2) is 47.4 Å². The molecule has 0 saturated heterocycles. The second-order valence-corrected chi connectivity index (χ2v) is 8.11. The third-order valence-corrected chi connectivity index (χ3v) is 6.03. The normalized spacial score (nSPS) is 12.3. The van der Waals surface area contributed by atoms with Crippen LogP contribution in [0.4, 0.5) is 10.1 Å². The van der Waals surface area contributed by atoms with E-state index in [4.69, 9.17) is 14.2 Å². The topological polar surface area (TPSA) is 90.9 Å². The van der Waals surface area contributed by atoms with Gasteiger partial charge in [0, 0.05) is 18.9 Å². The van der Waals surface area contributed by atoms with Gasteiger partial charge in [-0.25, -0.2) is 12.8 Å². The Balaban J connectivity index is 2.16. The fourth-order valence-corrected chi connectivity index (χ4v) is 3.58. The summed E-state index contributed by atoms with van der Waals surface area (Å²) in [5.74, 6) is -0.444. The maximum Gasteiger partial charge on any atom is 0.242 e. The van der Waals surface area contributed by atoms with Crippen LogP contribution in [0.25, 0.3) is 0 Å². The molecule has 0 radical (unpaired) electrons. The Kier molecular flexibility index (Phi) is 7.36. The van der Waals surface area contributed by atoms with Crippen molar-refractivity contribution < 1.29 is 31.8 Å². The number of hydrogen-bond donors (Lipinski definition) is 1. The highest BCUT2D eigenvalue weighted by atomic mass is 32.2. The molecule has 1 unspecified atom stereocenters. The van der Waals surface area contributed by atoms with Crippen LogP contribution in [-0.2, 0) is 19.4 Å². The zero-order valence-electron chi connectivity index (χ0n) is 15.8. The Labute approximate surface area is 163 Å². The molecule has 0 spiro atoms. The summed E-state index contributed by atoms with van der Waals surface area (Å²) in [5.41, 5.74) is 0.347. The average molecular weight is 411 g/mol. The lowest BCUT2D eigenvalue weighted by Gasteiger charge is -2.15. The minimum absolute atomic E-state index is 0.130. The lowest BCUT2D eigenvalue weighted by atomic mass is 10.2. The largest absolute Gasteiger partial charge is 0.493 e. The highest BCUT2D eigenvalue weighted by Crippen LogP contribution is 2.30. The van der Waals surface area contributed by atoms with E-state index < -0.39 is 26.8 Å². The van der Waals surface area contributed by atoms with Gasteiger partial charge in [0.1, 0.15) is 17.7 Å². The first-order chi connectivity index (χ1) is 13.3. The summed E-state index contributed by atoms with van der Waals surface area (Å²) in [4.78, 5) is 12.3. The number of sulfone groups is 1. The number of ether oxygens (including phenoxy) is 3. The molecule has 2 rings (SSSR count). The number of carbonyl (C=O) groups excluding carboxylic acids is 1. The van der Waals surface area contributed by atoms with Crippen molar-refractivity contribution in [1.29, 1.82) is 0 Å². The molecule has 1 N–H and O–H groups in total. The van der Waals surface area contributed by atoms with E-state index in [9.17, 15) is 17.6 Å². The second-order valence-electron chi connectivity index (χ2n) is 5.84. The van der Waals surface area contributed by atoms with Gasteiger partial charge in [0.2, 0.25) is 5.91 Å². The first-order valence-corrected chi connectivity index (χ1v) is 9.94. The molecule has 0 aliphatic rings. The van der Waals surface area contributed by atoms with E-state index in [1.54, 1.807) is 19.2 Å². The standard InChI is InChI=1S/C19H22FNO6S/c1-13(28(23,24)16-7-4-14(20)5-8-16)19(22)21-15-6-9-17(26-3)18(12-15)27-11-10-25-2/h4-9,12-13H,10-11H2,1-3H3,(H,21,22). The van der Waals surface area contributed by atoms with Gasteiger partial charge in [-0.15, -0.1) is 0 Å². The quantitative estimate of drug-likeness (QED) is 0.504. The molecular formula is C19H22FNO6S. The molecule has 0 bridgehead atoms. The van der Waals surface area contributed by atoms with Gasteiger partial charge in [-0.2, -0.15) is 0 Å². The molecule has 0 aliphatic heterocycles. The van der Waals surface area contributed by atoms with Crippen LogP contribution in [0.3, 0.4) is 0 Å². The van der Waals surface area contributed by atoms with Crippen molar-refractivity contribution in [2.24, 2.45) is 0 Å². The summed E-state index contributed by atoms with van der Waals surface area (Å²) in [6.45, 7) is 1.92. The predicted octanol–water partition coefficient (Wildman–Crippen LogP) is 2.66. The molecule has 0 fully saturated rings. The molecule has 2 aromatic rings. The van der Waals surface area contributed by atoms with Gasteiger partial charge in [-0.3, -0.25) is 4.79 Å². The molecule has 152 valence electrons. The van der Waals surface area contributed by atoms with E-state index in [-0.39, 0.29) is 11.5 Å². The SMILES string of the molecule is COCCOc1cc(NC(=O)C(C)S(=O)(=O)c2ccc(F)cc2)ccc1OC. The number of methoxy groups -OCH3 is 2. The summed E-state index contributed by atoms with van der Waals surface area (Å²) < 4.78 is 53.8. The number of carbonyl (C=O) groups is 1. The minimum Gasteiger partial charge on any atom is -0.493 e. The van der Waals surface area contributed by atoms with Gasteiger partial charge in [0.15, 0.2) is 21.3 Å². The Morgan fingerprint density at radius 2 is 1.75 bits per heavy atom. The Morgan fingerprint density at radius 1 is 1.07 bits per heavy atom. The Hall–Kier alpha value is -2.65. The molecule has 0 aromatic heterocycles. The third-order valence-electron chi connectivity index (χ3n) is 3.95. The molecule has 28 heavy (non-hydrogen) atoms. The van der Waals surface area contributed by atoms with E-state index in [1.807, 2.05) is 0 Å². The van der Waals surface area contributed by atoms with Gasteiger partial charge in [0.25, 0.3) is 0 Å². The predicted molar refractivity (Wildman–Crippen MR) is 102 cm³/mol. The lowest BCUT2D eigenvalue weighted by Crippen LogP contribution is -2.32. The molecule has 9 heteroatoms. The van der Waals surface area contributed by atoms with Gasteiger partial charge in [-0.05, 0) is 43.3 Å². The van der Waals surface area contributed by atoms with E-state index in [2.05, 4.69) is 5.32 Å². The smallest absolute Gasteiger partial charge is 0.242 e. The van der Waals surface area contributed by atoms with Crippen LogP contribution in [0, 0.1) is 5.82 Å². The van der Waals surface area contributed by atoms with Crippen LogP contribution < -0.4 is 14.8 Å². The van der Waals surface area contributed by atoms with Crippen LogP contribution in [0.1, 0.15) is 6.92 Å². The van der Waals surface area contributed by atoms with Crippen molar-refractivity contribution in [3.05, 3.63) is 48.3 Å². The van der Waals surface area contributed by atoms with Gasteiger partial charge >= 0.3 is 0 Å². The number of rotatable bonds is 9. The summed E-state index contributed by atoms with van der Waals surface area (Å²) in [6, 6.07) is 9.01. The monoisotopic (exact) mass is 411 g/mol. The highest BCUT2D eigenvalue weighted by molar-refractivity contribution is 7.92. The van der Waals surface area contributed by atoms with Crippen LogP contribution in [0.5, 0.6) is 11.5 Å². The van der Waals surface area contributed by atoms with E-state index in [0.717, 1.165) is 24.3 Å². The summed E-state index contributed by atoms with van der Waals surface area (Å²) in [6.07, 6.45) is 0. The number of hydrogen-bond acceptors (Lipinski definition) is 6. The molecule has 1 amide bonds. The molecule has 0 aliphatic carbocycles. The molecule has 0 saturated carbocycles. The molecule has 7 nitrogen and oxygen atoms in total. The van der Waals surface area contributed by atoms with Gasteiger partial charge in [-0.1, -0.05) is 0 Å². The van der Waals surface area contributed by atoms with Crippen molar-refractivity contribution >= 4 is 21.4 Å².